The molecule has 8 nitrogen and oxygen atoms in total. The van der Waals surface area contributed by atoms with Gasteiger partial charge in [-0.05, 0) is 62.4 Å². The lowest BCUT2D eigenvalue weighted by Gasteiger charge is -2.14. The van der Waals surface area contributed by atoms with Crippen molar-refractivity contribution in [2.75, 3.05) is 5.32 Å². The number of amides is 1. The number of carbonyl (C=O) groups is 1. The van der Waals surface area contributed by atoms with Crippen LogP contribution in [0.5, 0.6) is 0 Å². The summed E-state index contributed by atoms with van der Waals surface area (Å²) in [6.07, 6.45) is 2.43. The number of benzene rings is 1. The van der Waals surface area contributed by atoms with Crippen molar-refractivity contribution in [2.24, 2.45) is 13.0 Å². The number of hydrogen-bond donors (Lipinski definition) is 1. The van der Waals surface area contributed by atoms with E-state index >= 15 is 0 Å². The van der Waals surface area contributed by atoms with Gasteiger partial charge in [-0.25, -0.2) is 4.68 Å². The third-order valence-corrected chi connectivity index (χ3v) is 6.40. The van der Waals surface area contributed by atoms with Gasteiger partial charge >= 0.3 is 6.18 Å². The minimum atomic E-state index is -4.52. The van der Waals surface area contributed by atoms with Crippen LogP contribution in [0.25, 0.3) is 16.9 Å². The van der Waals surface area contributed by atoms with Gasteiger partial charge in [-0.3, -0.25) is 14.5 Å². The van der Waals surface area contributed by atoms with E-state index in [1.54, 1.807) is 36.1 Å². The Morgan fingerprint density at radius 2 is 1.87 bits per heavy atom. The summed E-state index contributed by atoms with van der Waals surface area (Å²) in [6, 6.07) is 5.28. The fourth-order valence-corrected chi connectivity index (χ4v) is 4.12. The van der Waals surface area contributed by atoms with Crippen LogP contribution in [0.2, 0.25) is 0 Å². The number of aromatic nitrogens is 6. The van der Waals surface area contributed by atoms with Crippen molar-refractivity contribution in [1.82, 2.24) is 29.8 Å². The molecular formula is C27H30F3N7O. The molecule has 0 aliphatic carbocycles. The second kappa shape index (κ2) is 10.8. The topological polar surface area (TPSA) is 90.5 Å². The number of hydrogen-bond acceptors (Lipinski definition) is 5. The van der Waals surface area contributed by atoms with Gasteiger partial charge < -0.3 is 5.32 Å². The summed E-state index contributed by atoms with van der Waals surface area (Å²) >= 11 is 0. The summed E-state index contributed by atoms with van der Waals surface area (Å²) in [5.74, 6) is -0.118. The molecule has 0 saturated carbocycles. The standard InChI is InChI=1S/C27H30F3N7O/c1-16(2)7-6-8-19-9-21(27(28,29)30)12-22(10-19)33-26(38)20-11-25(17(3)31-13-20)37-15-24(34-35-37)23-14-32-36(5)18(23)4/h9-16H,6-8H2,1-5H3,(H,33,38). The van der Waals surface area contributed by atoms with E-state index in [1.807, 2.05) is 14.0 Å². The molecule has 3 heterocycles. The largest absolute Gasteiger partial charge is 0.416 e. The summed E-state index contributed by atoms with van der Waals surface area (Å²) < 4.78 is 43.9. The smallest absolute Gasteiger partial charge is 0.322 e. The highest BCUT2D eigenvalue weighted by Gasteiger charge is 2.31. The molecule has 38 heavy (non-hydrogen) atoms. The van der Waals surface area contributed by atoms with Crippen LogP contribution in [-0.4, -0.2) is 35.7 Å². The first kappa shape index (κ1) is 27.0. The van der Waals surface area contributed by atoms with Gasteiger partial charge in [0.05, 0.1) is 34.9 Å². The number of alkyl halides is 3. The van der Waals surface area contributed by atoms with E-state index < -0.39 is 17.6 Å². The zero-order valence-electron chi connectivity index (χ0n) is 22.0. The average molecular weight is 526 g/mol. The number of aryl methyl sites for hydroxylation is 3. The lowest BCUT2D eigenvalue weighted by Crippen LogP contribution is -2.15. The van der Waals surface area contributed by atoms with E-state index in [4.69, 9.17) is 0 Å². The second-order valence-corrected chi connectivity index (χ2v) is 9.80. The fraction of sp³-hybridized carbons (Fsp3) is 0.370. The van der Waals surface area contributed by atoms with Crippen LogP contribution in [0.1, 0.15) is 59.6 Å². The maximum Gasteiger partial charge on any atom is 0.416 e. The van der Waals surface area contributed by atoms with Crippen molar-refractivity contribution in [1.29, 1.82) is 0 Å². The summed E-state index contributed by atoms with van der Waals surface area (Å²) in [6.45, 7) is 7.83. The Kier molecular flexibility index (Phi) is 7.66. The molecule has 0 bridgehead atoms. The highest BCUT2D eigenvalue weighted by atomic mass is 19.4. The molecule has 3 aromatic heterocycles. The van der Waals surface area contributed by atoms with Gasteiger partial charge in [-0.2, -0.15) is 18.3 Å². The lowest BCUT2D eigenvalue weighted by molar-refractivity contribution is -0.137. The zero-order chi connectivity index (χ0) is 27.6. The summed E-state index contributed by atoms with van der Waals surface area (Å²) in [7, 11) is 1.83. The molecule has 0 unspecified atom stereocenters. The van der Waals surface area contributed by atoms with E-state index in [0.29, 0.717) is 35.0 Å². The summed E-state index contributed by atoms with van der Waals surface area (Å²) in [4.78, 5) is 17.4. The van der Waals surface area contributed by atoms with E-state index in [-0.39, 0.29) is 11.3 Å². The maximum absolute atomic E-state index is 13.6. The van der Waals surface area contributed by atoms with Gasteiger partial charge in [-0.15, -0.1) is 5.10 Å². The van der Waals surface area contributed by atoms with Crippen LogP contribution in [0.15, 0.2) is 42.9 Å². The van der Waals surface area contributed by atoms with Crippen molar-refractivity contribution >= 4 is 11.6 Å². The Hall–Kier alpha value is -4.02. The SMILES string of the molecule is Cc1ncc(C(=O)Nc2cc(CCCC(C)C)cc(C(F)(F)F)c2)cc1-n1cc(-c2cnn(C)c2C)nn1. The van der Waals surface area contributed by atoms with E-state index in [2.05, 4.69) is 39.6 Å². The van der Waals surface area contributed by atoms with Crippen LogP contribution in [0.3, 0.4) is 0 Å². The van der Waals surface area contributed by atoms with Gasteiger partial charge in [0.25, 0.3) is 5.91 Å². The van der Waals surface area contributed by atoms with Gasteiger partial charge in [0.1, 0.15) is 5.69 Å². The van der Waals surface area contributed by atoms with Crippen LogP contribution in [0, 0.1) is 19.8 Å². The highest BCUT2D eigenvalue weighted by Crippen LogP contribution is 2.33. The number of anilines is 1. The van der Waals surface area contributed by atoms with Gasteiger partial charge in [0, 0.05) is 30.2 Å². The third-order valence-electron chi connectivity index (χ3n) is 6.40. The molecule has 4 aromatic rings. The first-order valence-corrected chi connectivity index (χ1v) is 12.3. The average Bonchev–Trinajstić information content (AvgIpc) is 3.45. The van der Waals surface area contributed by atoms with Gasteiger partial charge in [-0.1, -0.05) is 25.5 Å². The molecule has 4 rings (SSSR count). The molecule has 0 fully saturated rings. The maximum atomic E-state index is 13.6. The summed E-state index contributed by atoms with van der Waals surface area (Å²) in [5.41, 5.74) is 3.48. The van der Waals surface area contributed by atoms with Crippen LogP contribution in [-0.2, 0) is 19.6 Å². The third kappa shape index (κ3) is 6.09. The molecule has 0 aliphatic heterocycles. The molecule has 0 aliphatic rings. The second-order valence-electron chi connectivity index (χ2n) is 9.80. The predicted molar refractivity (Wildman–Crippen MR) is 138 cm³/mol. The van der Waals surface area contributed by atoms with Crippen LogP contribution in [0.4, 0.5) is 18.9 Å². The number of pyridine rings is 1. The van der Waals surface area contributed by atoms with Crippen LogP contribution >= 0.6 is 0 Å². The quantitative estimate of drug-likeness (QED) is 0.308. The Morgan fingerprint density at radius 3 is 2.53 bits per heavy atom. The first-order valence-electron chi connectivity index (χ1n) is 12.3. The molecule has 1 amide bonds. The molecule has 1 aromatic carbocycles. The van der Waals surface area contributed by atoms with Crippen LogP contribution < -0.4 is 5.32 Å². The number of halogens is 3. The monoisotopic (exact) mass is 525 g/mol. The van der Waals surface area contributed by atoms with Gasteiger partial charge in [0.2, 0.25) is 0 Å². The number of rotatable bonds is 8. The van der Waals surface area contributed by atoms with E-state index in [9.17, 15) is 18.0 Å². The first-order chi connectivity index (χ1) is 17.9. The Bertz CT molecular complexity index is 1450. The number of nitrogens with zero attached hydrogens (tertiary/aromatic N) is 6. The minimum Gasteiger partial charge on any atom is -0.322 e. The molecule has 200 valence electrons. The molecule has 1 N–H and O–H groups in total. The zero-order valence-corrected chi connectivity index (χ0v) is 22.0. The van der Waals surface area contributed by atoms with Crippen molar-refractivity contribution < 1.29 is 18.0 Å². The predicted octanol–water partition coefficient (Wildman–Crippen LogP) is 5.93. The molecule has 0 spiro atoms. The lowest BCUT2D eigenvalue weighted by atomic mass is 10.00. The Labute approximate surface area is 218 Å². The van der Waals surface area contributed by atoms with E-state index in [1.165, 1.54) is 10.9 Å². The van der Waals surface area contributed by atoms with Crippen molar-refractivity contribution in [3.05, 3.63) is 70.9 Å². The molecule has 0 atom stereocenters. The van der Waals surface area contributed by atoms with Crippen molar-refractivity contribution in [3.8, 4) is 16.9 Å². The molecule has 11 heteroatoms. The Morgan fingerprint density at radius 1 is 1.11 bits per heavy atom. The van der Waals surface area contributed by atoms with E-state index in [0.717, 1.165) is 36.2 Å². The normalized spacial score (nSPS) is 11.8. The molecule has 0 radical (unpaired) electrons. The fourth-order valence-electron chi connectivity index (χ4n) is 4.12. The van der Waals surface area contributed by atoms with Crippen molar-refractivity contribution in [3.63, 3.8) is 0 Å². The Balaban J connectivity index is 1.59. The van der Waals surface area contributed by atoms with Gasteiger partial charge in [0.15, 0.2) is 0 Å². The highest BCUT2D eigenvalue weighted by molar-refractivity contribution is 6.04. The summed E-state index contributed by atoms with van der Waals surface area (Å²) in [5, 5.41) is 15.2. The number of carbonyl (C=O) groups excluding carboxylic acids is 1. The number of nitrogens with one attached hydrogen (secondary N) is 1. The van der Waals surface area contributed by atoms with Crippen molar-refractivity contribution in [2.45, 2.75) is 53.1 Å². The molecule has 0 saturated heterocycles. The minimum absolute atomic E-state index is 0.0848. The molecular weight excluding hydrogens is 495 g/mol.